The van der Waals surface area contributed by atoms with Crippen LogP contribution >= 0.6 is 0 Å². The number of carbonyl (C=O) groups excluding carboxylic acids is 2. The summed E-state index contributed by atoms with van der Waals surface area (Å²) >= 11 is 0. The molecule has 9 heteroatoms. The zero-order valence-corrected chi connectivity index (χ0v) is 16.9. The fraction of sp³-hybridized carbons (Fsp3) is 0.600. The quantitative estimate of drug-likeness (QED) is 0.667. The van der Waals surface area contributed by atoms with Gasteiger partial charge in [-0.15, -0.1) is 13.2 Å². The van der Waals surface area contributed by atoms with Crippen LogP contribution in [0.1, 0.15) is 46.0 Å². The van der Waals surface area contributed by atoms with Crippen molar-refractivity contribution in [3.63, 3.8) is 0 Å². The van der Waals surface area contributed by atoms with Crippen molar-refractivity contribution in [2.75, 3.05) is 12.4 Å². The van der Waals surface area contributed by atoms with Crippen molar-refractivity contribution in [2.45, 2.75) is 70.4 Å². The standard InChI is InChI=1S/C20H28F3N3O3/c1-13(2)26(3)16-9-7-14(8-10-16)24-18(27)12-19(28)25-15-5-4-6-17(11-15)29-20(21,22)23/h4-6,11,13-14,16H,7-10,12H2,1-3H3,(H,24,27)(H,25,28)/t14-,16-. The molecule has 2 rings (SSSR count). The van der Waals surface area contributed by atoms with Gasteiger partial charge in [0.05, 0.1) is 0 Å². The number of benzene rings is 1. The summed E-state index contributed by atoms with van der Waals surface area (Å²) in [5.74, 6) is -1.44. The monoisotopic (exact) mass is 415 g/mol. The maximum Gasteiger partial charge on any atom is 0.573 e. The maximum atomic E-state index is 12.3. The van der Waals surface area contributed by atoms with Gasteiger partial charge >= 0.3 is 6.36 Å². The lowest BCUT2D eigenvalue weighted by Gasteiger charge is -2.37. The van der Waals surface area contributed by atoms with Gasteiger partial charge in [-0.3, -0.25) is 9.59 Å². The Kier molecular flexibility index (Phi) is 7.89. The Morgan fingerprint density at radius 2 is 1.83 bits per heavy atom. The maximum absolute atomic E-state index is 12.3. The van der Waals surface area contributed by atoms with Crippen LogP contribution in [0.3, 0.4) is 0 Å². The first-order valence-electron chi connectivity index (χ1n) is 9.70. The van der Waals surface area contributed by atoms with Crippen molar-refractivity contribution in [1.82, 2.24) is 10.2 Å². The highest BCUT2D eigenvalue weighted by Gasteiger charge is 2.31. The zero-order valence-electron chi connectivity index (χ0n) is 16.9. The van der Waals surface area contributed by atoms with Gasteiger partial charge in [-0.05, 0) is 58.7 Å². The molecular formula is C20H28F3N3O3. The van der Waals surface area contributed by atoms with Crippen LogP contribution in [0.4, 0.5) is 18.9 Å². The lowest BCUT2D eigenvalue weighted by Crippen LogP contribution is -2.45. The Bertz CT molecular complexity index is 702. The molecule has 0 spiro atoms. The molecule has 1 fully saturated rings. The molecule has 2 N–H and O–H groups in total. The SMILES string of the molecule is CC(C)N(C)[C@H]1CC[C@H](NC(=O)CC(=O)Nc2cccc(OC(F)(F)F)c2)CC1. The van der Waals surface area contributed by atoms with E-state index in [0.717, 1.165) is 37.8 Å². The van der Waals surface area contributed by atoms with E-state index in [1.54, 1.807) is 0 Å². The number of carbonyl (C=O) groups is 2. The van der Waals surface area contributed by atoms with E-state index in [-0.39, 0.29) is 11.7 Å². The number of amides is 2. The van der Waals surface area contributed by atoms with Crippen LogP contribution in [0.25, 0.3) is 0 Å². The van der Waals surface area contributed by atoms with Crippen LogP contribution in [0.5, 0.6) is 5.75 Å². The van der Waals surface area contributed by atoms with Crippen LogP contribution in [-0.2, 0) is 9.59 Å². The van der Waals surface area contributed by atoms with Gasteiger partial charge in [0.15, 0.2) is 0 Å². The second kappa shape index (κ2) is 9.96. The summed E-state index contributed by atoms with van der Waals surface area (Å²) in [6, 6.07) is 5.93. The zero-order chi connectivity index (χ0) is 21.6. The first-order valence-corrected chi connectivity index (χ1v) is 9.70. The third-order valence-corrected chi connectivity index (χ3v) is 5.12. The van der Waals surface area contributed by atoms with E-state index in [1.807, 2.05) is 0 Å². The molecule has 1 aliphatic carbocycles. The van der Waals surface area contributed by atoms with Crippen molar-refractivity contribution in [3.05, 3.63) is 24.3 Å². The van der Waals surface area contributed by atoms with Gasteiger partial charge in [-0.1, -0.05) is 6.07 Å². The summed E-state index contributed by atoms with van der Waals surface area (Å²) in [6.45, 7) is 4.30. The predicted octanol–water partition coefficient (Wildman–Crippen LogP) is 3.68. The third-order valence-electron chi connectivity index (χ3n) is 5.12. The minimum atomic E-state index is -4.81. The lowest BCUT2D eigenvalue weighted by molar-refractivity contribution is -0.274. The van der Waals surface area contributed by atoms with Crippen molar-refractivity contribution in [1.29, 1.82) is 0 Å². The summed E-state index contributed by atoms with van der Waals surface area (Å²) in [4.78, 5) is 26.5. The van der Waals surface area contributed by atoms with Gasteiger partial charge in [0.1, 0.15) is 12.2 Å². The average Bonchev–Trinajstić information content (AvgIpc) is 2.60. The van der Waals surface area contributed by atoms with E-state index < -0.39 is 30.3 Å². The van der Waals surface area contributed by atoms with Crippen molar-refractivity contribution >= 4 is 17.5 Å². The molecule has 1 aromatic rings. The van der Waals surface area contributed by atoms with Crippen LogP contribution in [0, 0.1) is 0 Å². The van der Waals surface area contributed by atoms with Crippen LogP contribution < -0.4 is 15.4 Å². The number of nitrogens with zero attached hydrogens (tertiary/aromatic N) is 1. The number of nitrogens with one attached hydrogen (secondary N) is 2. The summed E-state index contributed by atoms with van der Waals surface area (Å²) in [6.07, 6.45) is -1.53. The summed E-state index contributed by atoms with van der Waals surface area (Å²) in [5, 5.41) is 5.29. The predicted molar refractivity (Wildman–Crippen MR) is 103 cm³/mol. The molecule has 1 aromatic carbocycles. The smallest absolute Gasteiger partial charge is 0.406 e. The second-order valence-electron chi connectivity index (χ2n) is 7.63. The molecular weight excluding hydrogens is 387 g/mol. The number of alkyl halides is 3. The first-order chi connectivity index (χ1) is 13.5. The Hall–Kier alpha value is -2.29. The molecule has 0 saturated heterocycles. The summed E-state index contributed by atoms with van der Waals surface area (Å²) in [5.41, 5.74) is 0.127. The topological polar surface area (TPSA) is 70.7 Å². The van der Waals surface area contributed by atoms with E-state index in [2.05, 4.69) is 41.2 Å². The van der Waals surface area contributed by atoms with Gasteiger partial charge in [0, 0.05) is 29.9 Å². The summed E-state index contributed by atoms with van der Waals surface area (Å²) in [7, 11) is 2.10. The normalized spacial score (nSPS) is 19.9. The van der Waals surface area contributed by atoms with Gasteiger partial charge in [0.25, 0.3) is 0 Å². The average molecular weight is 415 g/mol. The van der Waals surface area contributed by atoms with E-state index in [4.69, 9.17) is 0 Å². The molecule has 0 unspecified atom stereocenters. The highest BCUT2D eigenvalue weighted by atomic mass is 19.4. The number of hydrogen-bond donors (Lipinski definition) is 2. The molecule has 1 saturated carbocycles. The van der Waals surface area contributed by atoms with Crippen molar-refractivity contribution in [2.24, 2.45) is 0 Å². The lowest BCUT2D eigenvalue weighted by atomic mass is 9.89. The Labute approximate surface area is 168 Å². The van der Waals surface area contributed by atoms with Crippen molar-refractivity contribution < 1.29 is 27.5 Å². The number of rotatable bonds is 7. The Morgan fingerprint density at radius 3 is 2.41 bits per heavy atom. The van der Waals surface area contributed by atoms with Crippen LogP contribution in [0.15, 0.2) is 24.3 Å². The molecule has 6 nitrogen and oxygen atoms in total. The number of anilines is 1. The number of halogens is 3. The molecule has 0 aromatic heterocycles. The highest BCUT2D eigenvalue weighted by molar-refractivity contribution is 6.03. The van der Waals surface area contributed by atoms with Gasteiger partial charge < -0.3 is 20.3 Å². The van der Waals surface area contributed by atoms with Crippen molar-refractivity contribution in [3.8, 4) is 5.75 Å². The summed E-state index contributed by atoms with van der Waals surface area (Å²) < 4.78 is 40.6. The first kappa shape index (κ1) is 23.0. The Morgan fingerprint density at radius 1 is 1.17 bits per heavy atom. The molecule has 0 bridgehead atoms. The molecule has 2 amide bonds. The fourth-order valence-electron chi connectivity index (χ4n) is 3.45. The van der Waals surface area contributed by atoms with Gasteiger partial charge in [0.2, 0.25) is 11.8 Å². The van der Waals surface area contributed by atoms with E-state index in [0.29, 0.717) is 12.1 Å². The molecule has 1 aliphatic rings. The van der Waals surface area contributed by atoms with Gasteiger partial charge in [-0.25, -0.2) is 0 Å². The fourth-order valence-corrected chi connectivity index (χ4v) is 3.45. The van der Waals surface area contributed by atoms with E-state index in [1.165, 1.54) is 12.1 Å². The second-order valence-corrected chi connectivity index (χ2v) is 7.63. The van der Waals surface area contributed by atoms with E-state index in [9.17, 15) is 22.8 Å². The number of hydrogen-bond acceptors (Lipinski definition) is 4. The minimum Gasteiger partial charge on any atom is -0.406 e. The largest absolute Gasteiger partial charge is 0.573 e. The van der Waals surface area contributed by atoms with E-state index >= 15 is 0 Å². The molecule has 0 radical (unpaired) electrons. The molecule has 162 valence electrons. The highest BCUT2D eigenvalue weighted by Crippen LogP contribution is 2.25. The van der Waals surface area contributed by atoms with Crippen LogP contribution in [0.2, 0.25) is 0 Å². The Balaban J connectivity index is 1.77. The minimum absolute atomic E-state index is 0.0376. The molecule has 29 heavy (non-hydrogen) atoms. The third kappa shape index (κ3) is 7.92. The molecule has 0 aliphatic heterocycles. The number of ether oxygens (including phenoxy) is 1. The molecule has 0 atom stereocenters. The van der Waals surface area contributed by atoms with Gasteiger partial charge in [-0.2, -0.15) is 0 Å². The van der Waals surface area contributed by atoms with Crippen LogP contribution in [-0.4, -0.2) is 48.2 Å². The molecule has 0 heterocycles.